The number of carbonyl (C=O) groups is 1. The van der Waals surface area contributed by atoms with Crippen molar-refractivity contribution < 1.29 is 14.3 Å². The van der Waals surface area contributed by atoms with Crippen molar-refractivity contribution in [3.63, 3.8) is 0 Å². The second kappa shape index (κ2) is 10.3. The van der Waals surface area contributed by atoms with Crippen LogP contribution in [0.5, 0.6) is 5.75 Å². The quantitative estimate of drug-likeness (QED) is 0.567. The van der Waals surface area contributed by atoms with Gasteiger partial charge in [0.25, 0.3) is 5.91 Å². The minimum atomic E-state index is -0.0694. The zero-order valence-corrected chi connectivity index (χ0v) is 17.8. The fourth-order valence-electron chi connectivity index (χ4n) is 2.73. The topological polar surface area (TPSA) is 51.1 Å². The Bertz CT molecular complexity index is 896. The van der Waals surface area contributed by atoms with Gasteiger partial charge in [-0.3, -0.25) is 9.69 Å². The summed E-state index contributed by atoms with van der Waals surface area (Å²) in [7, 11) is 1.63. The smallest absolute Gasteiger partial charge is 0.266 e. The van der Waals surface area contributed by atoms with Crippen molar-refractivity contribution in [2.75, 3.05) is 20.3 Å². The number of methoxy groups -OCH3 is 1. The van der Waals surface area contributed by atoms with Gasteiger partial charge in [0.2, 0.25) is 0 Å². The molecule has 1 aliphatic rings. The Kier molecular flexibility index (Phi) is 7.49. The van der Waals surface area contributed by atoms with Crippen molar-refractivity contribution in [1.29, 1.82) is 0 Å². The van der Waals surface area contributed by atoms with Gasteiger partial charge in [0.05, 0.1) is 29.8 Å². The molecule has 0 aliphatic carbocycles. The van der Waals surface area contributed by atoms with E-state index in [0.717, 1.165) is 23.4 Å². The average molecular weight is 411 g/mol. The largest absolute Gasteiger partial charge is 0.490 e. The molecule has 1 saturated heterocycles. The lowest BCUT2D eigenvalue weighted by atomic mass is 10.1. The molecule has 2 aromatic carbocycles. The highest BCUT2D eigenvalue weighted by molar-refractivity contribution is 8.18. The molecule has 5 nitrogen and oxygen atoms in total. The summed E-state index contributed by atoms with van der Waals surface area (Å²) in [6, 6.07) is 17.4. The molecular weight excluding hydrogens is 384 g/mol. The normalized spacial score (nSPS) is 17.9. The molecule has 0 bridgehead atoms. The van der Waals surface area contributed by atoms with E-state index in [1.165, 1.54) is 11.8 Å². The zero-order chi connectivity index (χ0) is 20.6. The summed E-state index contributed by atoms with van der Waals surface area (Å²) in [5.74, 6) is 0.708. The number of nitrogens with zero attached hydrogens (tertiary/aromatic N) is 2. The van der Waals surface area contributed by atoms with Gasteiger partial charge in [-0.2, -0.15) is 0 Å². The Morgan fingerprint density at radius 3 is 2.59 bits per heavy atom. The Labute approximate surface area is 176 Å². The van der Waals surface area contributed by atoms with E-state index >= 15 is 0 Å². The number of aliphatic imine (C=N–C) groups is 1. The van der Waals surface area contributed by atoms with Crippen molar-refractivity contribution in [1.82, 2.24) is 4.90 Å². The van der Waals surface area contributed by atoms with Crippen LogP contribution in [0, 0.1) is 0 Å². The molecule has 3 rings (SSSR count). The SMILES string of the molecule is CC[C@H](C)Oc1ccccc1/C=C1\SC(=Nc2ccccc2)N(CCOC)C1=O. The lowest BCUT2D eigenvalue weighted by molar-refractivity contribution is -0.122. The first-order valence-corrected chi connectivity index (χ1v) is 10.5. The maximum Gasteiger partial charge on any atom is 0.266 e. The van der Waals surface area contributed by atoms with E-state index in [1.54, 1.807) is 12.0 Å². The molecule has 1 atom stereocenters. The second-order valence-corrected chi connectivity index (χ2v) is 7.67. The minimum absolute atomic E-state index is 0.0694. The molecule has 2 aromatic rings. The Balaban J connectivity index is 1.92. The van der Waals surface area contributed by atoms with E-state index in [1.807, 2.05) is 67.6 Å². The number of amides is 1. The first-order chi connectivity index (χ1) is 14.1. The van der Waals surface area contributed by atoms with Crippen LogP contribution in [0.15, 0.2) is 64.5 Å². The van der Waals surface area contributed by atoms with Crippen LogP contribution in [-0.4, -0.2) is 42.3 Å². The summed E-state index contributed by atoms with van der Waals surface area (Å²) in [5.41, 5.74) is 1.70. The third-order valence-electron chi connectivity index (χ3n) is 4.50. The highest BCUT2D eigenvalue weighted by atomic mass is 32.2. The standard InChI is InChI=1S/C23H26N2O3S/c1-4-17(2)28-20-13-9-8-10-18(20)16-21-22(26)25(14-15-27-3)23(29-21)24-19-11-6-5-7-12-19/h5-13,16-17H,4,14-15H2,1-3H3/b21-16-,24-23?/t17-/m0/s1. The monoisotopic (exact) mass is 410 g/mol. The van der Waals surface area contributed by atoms with Gasteiger partial charge in [-0.25, -0.2) is 4.99 Å². The van der Waals surface area contributed by atoms with Crippen LogP contribution in [0.4, 0.5) is 5.69 Å². The number of para-hydroxylation sites is 2. The summed E-state index contributed by atoms with van der Waals surface area (Å²) >= 11 is 1.38. The number of thioether (sulfide) groups is 1. The van der Waals surface area contributed by atoms with Gasteiger partial charge < -0.3 is 9.47 Å². The van der Waals surface area contributed by atoms with Crippen LogP contribution >= 0.6 is 11.8 Å². The molecule has 1 heterocycles. The summed E-state index contributed by atoms with van der Waals surface area (Å²) in [5, 5.41) is 0.657. The van der Waals surface area contributed by atoms with E-state index in [9.17, 15) is 4.79 Å². The molecule has 1 amide bonds. The summed E-state index contributed by atoms with van der Waals surface area (Å²) in [6.45, 7) is 5.02. The Morgan fingerprint density at radius 2 is 1.86 bits per heavy atom. The molecule has 0 saturated carbocycles. The lowest BCUT2D eigenvalue weighted by Gasteiger charge is -2.15. The van der Waals surface area contributed by atoms with Crippen molar-refractivity contribution in [2.24, 2.45) is 4.99 Å². The average Bonchev–Trinajstić information content (AvgIpc) is 3.02. The highest BCUT2D eigenvalue weighted by Gasteiger charge is 2.33. The number of rotatable bonds is 8. The van der Waals surface area contributed by atoms with Gasteiger partial charge in [0.15, 0.2) is 5.17 Å². The molecule has 0 N–H and O–H groups in total. The number of carbonyl (C=O) groups excluding carboxylic acids is 1. The molecular formula is C23H26N2O3S. The van der Waals surface area contributed by atoms with E-state index < -0.39 is 0 Å². The van der Waals surface area contributed by atoms with Crippen LogP contribution in [0.1, 0.15) is 25.8 Å². The lowest BCUT2D eigenvalue weighted by Crippen LogP contribution is -2.32. The third-order valence-corrected chi connectivity index (χ3v) is 5.50. The van der Waals surface area contributed by atoms with Gasteiger partial charge in [0.1, 0.15) is 5.75 Å². The molecule has 0 radical (unpaired) electrons. The summed E-state index contributed by atoms with van der Waals surface area (Å²) < 4.78 is 11.2. The molecule has 29 heavy (non-hydrogen) atoms. The van der Waals surface area contributed by atoms with E-state index in [-0.39, 0.29) is 12.0 Å². The highest BCUT2D eigenvalue weighted by Crippen LogP contribution is 2.35. The van der Waals surface area contributed by atoms with Crippen molar-refractivity contribution in [2.45, 2.75) is 26.4 Å². The molecule has 6 heteroatoms. The Morgan fingerprint density at radius 1 is 1.14 bits per heavy atom. The van der Waals surface area contributed by atoms with E-state index in [2.05, 4.69) is 11.9 Å². The molecule has 1 fully saturated rings. The van der Waals surface area contributed by atoms with Crippen LogP contribution < -0.4 is 4.74 Å². The first-order valence-electron chi connectivity index (χ1n) is 9.72. The molecule has 0 unspecified atom stereocenters. The predicted octanol–water partition coefficient (Wildman–Crippen LogP) is 5.11. The van der Waals surface area contributed by atoms with Gasteiger partial charge in [0, 0.05) is 12.7 Å². The number of hydrogen-bond donors (Lipinski definition) is 0. The maximum atomic E-state index is 13.1. The van der Waals surface area contributed by atoms with Gasteiger partial charge in [-0.1, -0.05) is 43.3 Å². The van der Waals surface area contributed by atoms with Crippen LogP contribution in [0.3, 0.4) is 0 Å². The fraction of sp³-hybridized carbons (Fsp3) is 0.304. The molecule has 1 aliphatic heterocycles. The number of benzene rings is 2. The van der Waals surface area contributed by atoms with Gasteiger partial charge in [-0.15, -0.1) is 0 Å². The van der Waals surface area contributed by atoms with E-state index in [0.29, 0.717) is 23.2 Å². The summed E-state index contributed by atoms with van der Waals surface area (Å²) in [4.78, 5) is 20.0. The molecule has 0 aromatic heterocycles. The minimum Gasteiger partial charge on any atom is -0.490 e. The third kappa shape index (κ3) is 5.49. The van der Waals surface area contributed by atoms with Gasteiger partial charge in [-0.05, 0) is 49.4 Å². The Hall–Kier alpha value is -2.57. The van der Waals surface area contributed by atoms with Crippen molar-refractivity contribution in [3.8, 4) is 5.75 Å². The van der Waals surface area contributed by atoms with Gasteiger partial charge >= 0.3 is 0 Å². The van der Waals surface area contributed by atoms with Crippen LogP contribution in [0.2, 0.25) is 0 Å². The number of ether oxygens (including phenoxy) is 2. The van der Waals surface area contributed by atoms with Crippen LogP contribution in [0.25, 0.3) is 6.08 Å². The van der Waals surface area contributed by atoms with Crippen molar-refractivity contribution >= 4 is 34.6 Å². The predicted molar refractivity (Wildman–Crippen MR) is 120 cm³/mol. The fourth-order valence-corrected chi connectivity index (χ4v) is 3.75. The number of hydrogen-bond acceptors (Lipinski definition) is 5. The second-order valence-electron chi connectivity index (χ2n) is 6.66. The molecule has 0 spiro atoms. The van der Waals surface area contributed by atoms with Crippen molar-refractivity contribution in [3.05, 3.63) is 65.1 Å². The molecule has 152 valence electrons. The van der Waals surface area contributed by atoms with E-state index in [4.69, 9.17) is 9.47 Å². The number of amidine groups is 1. The maximum absolute atomic E-state index is 13.1. The zero-order valence-electron chi connectivity index (χ0n) is 17.0. The first kappa shape index (κ1) is 21.1. The summed E-state index contributed by atoms with van der Waals surface area (Å²) in [6.07, 6.45) is 2.91. The van der Waals surface area contributed by atoms with Crippen LogP contribution in [-0.2, 0) is 9.53 Å².